The predicted octanol–water partition coefficient (Wildman–Crippen LogP) is 2.50. The second-order valence-corrected chi connectivity index (χ2v) is 4.79. The third-order valence-corrected chi connectivity index (χ3v) is 3.62. The molecule has 2 aromatic rings. The number of aromatic nitrogens is 1. The zero-order valence-corrected chi connectivity index (χ0v) is 11.2. The zero-order chi connectivity index (χ0) is 14.0. The summed E-state index contributed by atoms with van der Waals surface area (Å²) in [5.74, 6) is -0.797. The summed E-state index contributed by atoms with van der Waals surface area (Å²) in [5, 5.41) is 9.92. The highest BCUT2D eigenvalue weighted by Gasteiger charge is 2.22. The summed E-state index contributed by atoms with van der Waals surface area (Å²) in [7, 11) is 1.24. The lowest BCUT2D eigenvalue weighted by molar-refractivity contribution is 0.0591. The molecule has 0 fully saturated rings. The highest BCUT2D eigenvalue weighted by molar-refractivity contribution is 7.17. The zero-order valence-electron chi connectivity index (χ0n) is 10.3. The van der Waals surface area contributed by atoms with E-state index in [-0.39, 0.29) is 22.1 Å². The second kappa shape index (κ2) is 5.19. The molecule has 0 spiro atoms. The molecule has 98 valence electrons. The number of phenolic OH excluding ortho intramolecular Hbond substituents is 1. The lowest BCUT2D eigenvalue weighted by Crippen LogP contribution is -2.06. The number of phenols is 1. The monoisotopic (exact) mass is 277 g/mol. The van der Waals surface area contributed by atoms with Gasteiger partial charge in [-0.2, -0.15) is 0 Å². The Bertz CT molecular complexity index is 648. The Hall–Kier alpha value is -2.21. The average Bonchev–Trinajstić information content (AvgIpc) is 2.83. The topological polar surface area (TPSA) is 76.5 Å². The highest BCUT2D eigenvalue weighted by atomic mass is 32.1. The van der Waals surface area contributed by atoms with Crippen molar-refractivity contribution in [3.63, 3.8) is 0 Å². The van der Waals surface area contributed by atoms with Crippen molar-refractivity contribution in [2.75, 3.05) is 7.11 Å². The van der Waals surface area contributed by atoms with E-state index >= 15 is 0 Å². The molecule has 19 heavy (non-hydrogen) atoms. The lowest BCUT2D eigenvalue weighted by atomic mass is 10.2. The Morgan fingerprint density at radius 2 is 2.11 bits per heavy atom. The van der Waals surface area contributed by atoms with E-state index in [4.69, 9.17) is 0 Å². The minimum atomic E-state index is -0.646. The molecule has 1 heterocycles. The van der Waals surface area contributed by atoms with Gasteiger partial charge in [0.05, 0.1) is 7.11 Å². The molecule has 1 N–H and O–H groups in total. The van der Waals surface area contributed by atoms with Crippen LogP contribution in [0.1, 0.15) is 27.1 Å². The molecule has 0 aliphatic rings. The maximum atomic E-state index is 11.6. The first-order valence-corrected chi connectivity index (χ1v) is 6.24. The van der Waals surface area contributed by atoms with E-state index in [0.717, 1.165) is 11.3 Å². The number of hydrogen-bond acceptors (Lipinski definition) is 6. The van der Waals surface area contributed by atoms with Crippen LogP contribution in [0.3, 0.4) is 0 Å². The Balaban J connectivity index is 2.54. The summed E-state index contributed by atoms with van der Waals surface area (Å²) in [5.41, 5.74) is 0.654. The number of benzene rings is 1. The minimum absolute atomic E-state index is 0.0124. The van der Waals surface area contributed by atoms with Crippen LogP contribution in [0.4, 0.5) is 0 Å². The van der Waals surface area contributed by atoms with Crippen molar-refractivity contribution in [3.8, 4) is 16.3 Å². The molecule has 1 aromatic heterocycles. The standard InChI is InChI=1S/C13H11NO4S/c1-7(15)11-10(13(17)18-2)14-12(19-11)8-4-3-5-9(16)6-8/h3-6,16H,1-2H3. The van der Waals surface area contributed by atoms with Crippen molar-refractivity contribution in [2.24, 2.45) is 0 Å². The average molecular weight is 277 g/mol. The number of thiazole rings is 1. The molecular weight excluding hydrogens is 266 g/mol. The molecule has 0 bridgehead atoms. The molecule has 2 rings (SSSR count). The number of esters is 1. The number of ether oxygens (including phenoxy) is 1. The van der Waals surface area contributed by atoms with Crippen LogP contribution in [0, 0.1) is 0 Å². The van der Waals surface area contributed by atoms with Gasteiger partial charge in [-0.15, -0.1) is 11.3 Å². The molecule has 0 atom stereocenters. The van der Waals surface area contributed by atoms with Gasteiger partial charge in [-0.3, -0.25) is 4.79 Å². The number of hydrogen-bond donors (Lipinski definition) is 1. The fourth-order valence-electron chi connectivity index (χ4n) is 1.56. The molecule has 1 aromatic carbocycles. The maximum Gasteiger partial charge on any atom is 0.358 e. The second-order valence-electron chi connectivity index (χ2n) is 3.79. The Morgan fingerprint density at radius 1 is 1.37 bits per heavy atom. The van der Waals surface area contributed by atoms with Crippen LogP contribution in [0.15, 0.2) is 24.3 Å². The van der Waals surface area contributed by atoms with Crippen LogP contribution in [0.2, 0.25) is 0 Å². The van der Waals surface area contributed by atoms with Gasteiger partial charge >= 0.3 is 5.97 Å². The number of methoxy groups -OCH3 is 1. The van der Waals surface area contributed by atoms with Gasteiger partial charge in [0.15, 0.2) is 11.5 Å². The summed E-state index contributed by atoms with van der Waals surface area (Å²) < 4.78 is 4.60. The number of Topliss-reactive ketones (excluding diaryl/α,β-unsaturated/α-hetero) is 1. The normalized spacial score (nSPS) is 10.2. The van der Waals surface area contributed by atoms with Gasteiger partial charge in [-0.1, -0.05) is 12.1 Å². The summed E-state index contributed by atoms with van der Waals surface area (Å²) in [6.07, 6.45) is 0. The molecule has 0 radical (unpaired) electrons. The molecule has 6 heteroatoms. The van der Waals surface area contributed by atoms with E-state index in [1.165, 1.54) is 26.2 Å². The quantitative estimate of drug-likeness (QED) is 0.689. The lowest BCUT2D eigenvalue weighted by Gasteiger charge is -1.96. The fraction of sp³-hybridized carbons (Fsp3) is 0.154. The third kappa shape index (κ3) is 2.63. The van der Waals surface area contributed by atoms with Gasteiger partial charge in [0.1, 0.15) is 15.6 Å². The van der Waals surface area contributed by atoms with E-state index in [2.05, 4.69) is 9.72 Å². The van der Waals surface area contributed by atoms with Crippen molar-refractivity contribution < 1.29 is 19.4 Å². The highest BCUT2D eigenvalue weighted by Crippen LogP contribution is 2.30. The summed E-state index contributed by atoms with van der Waals surface area (Å²) >= 11 is 1.10. The first-order chi connectivity index (χ1) is 9.02. The SMILES string of the molecule is COC(=O)c1nc(-c2cccc(O)c2)sc1C(C)=O. The van der Waals surface area contributed by atoms with E-state index in [9.17, 15) is 14.7 Å². The number of carbonyl (C=O) groups excluding carboxylic acids is 2. The van der Waals surface area contributed by atoms with E-state index in [0.29, 0.717) is 10.6 Å². The van der Waals surface area contributed by atoms with Gasteiger partial charge in [0.2, 0.25) is 0 Å². The molecule has 0 saturated heterocycles. The Morgan fingerprint density at radius 3 is 2.68 bits per heavy atom. The first-order valence-electron chi connectivity index (χ1n) is 5.42. The van der Waals surface area contributed by atoms with Crippen LogP contribution in [-0.4, -0.2) is 29.0 Å². The smallest absolute Gasteiger partial charge is 0.358 e. The van der Waals surface area contributed by atoms with Crippen LogP contribution in [0.25, 0.3) is 10.6 Å². The third-order valence-electron chi connectivity index (χ3n) is 2.42. The van der Waals surface area contributed by atoms with Crippen LogP contribution >= 0.6 is 11.3 Å². The van der Waals surface area contributed by atoms with Crippen molar-refractivity contribution in [1.82, 2.24) is 4.98 Å². The van der Waals surface area contributed by atoms with Crippen molar-refractivity contribution in [1.29, 1.82) is 0 Å². The van der Waals surface area contributed by atoms with Crippen molar-refractivity contribution in [2.45, 2.75) is 6.92 Å². The Labute approximate surface area is 113 Å². The van der Waals surface area contributed by atoms with Crippen LogP contribution in [0.5, 0.6) is 5.75 Å². The maximum absolute atomic E-state index is 11.6. The number of nitrogens with zero attached hydrogens (tertiary/aromatic N) is 1. The molecule has 0 saturated carbocycles. The molecule has 0 amide bonds. The van der Waals surface area contributed by atoms with Gasteiger partial charge in [0.25, 0.3) is 0 Å². The van der Waals surface area contributed by atoms with Gasteiger partial charge in [-0.05, 0) is 12.1 Å². The molecule has 0 aliphatic heterocycles. The fourth-order valence-corrected chi connectivity index (χ4v) is 2.50. The van der Waals surface area contributed by atoms with Crippen LogP contribution < -0.4 is 0 Å². The summed E-state index contributed by atoms with van der Waals surface area (Å²) in [6, 6.07) is 6.45. The molecular formula is C13H11NO4S. The van der Waals surface area contributed by atoms with Crippen LogP contribution in [-0.2, 0) is 4.74 Å². The van der Waals surface area contributed by atoms with Gasteiger partial charge in [-0.25, -0.2) is 9.78 Å². The number of rotatable bonds is 3. The minimum Gasteiger partial charge on any atom is -0.508 e. The van der Waals surface area contributed by atoms with Crippen molar-refractivity contribution >= 4 is 23.1 Å². The van der Waals surface area contributed by atoms with Gasteiger partial charge in [0, 0.05) is 12.5 Å². The molecule has 0 aliphatic carbocycles. The molecule has 5 nitrogen and oxygen atoms in total. The van der Waals surface area contributed by atoms with E-state index in [1.54, 1.807) is 12.1 Å². The van der Waals surface area contributed by atoms with Gasteiger partial charge < -0.3 is 9.84 Å². The Kier molecular flexibility index (Phi) is 3.62. The summed E-state index contributed by atoms with van der Waals surface area (Å²) in [4.78, 5) is 27.5. The van der Waals surface area contributed by atoms with Crippen molar-refractivity contribution in [3.05, 3.63) is 34.8 Å². The summed E-state index contributed by atoms with van der Waals surface area (Å²) in [6.45, 7) is 1.37. The largest absolute Gasteiger partial charge is 0.508 e. The number of carbonyl (C=O) groups is 2. The number of ketones is 1. The number of aromatic hydroxyl groups is 1. The predicted molar refractivity (Wildman–Crippen MR) is 70.6 cm³/mol. The van der Waals surface area contributed by atoms with E-state index in [1.807, 2.05) is 0 Å². The molecule has 0 unspecified atom stereocenters. The van der Waals surface area contributed by atoms with E-state index < -0.39 is 5.97 Å². The first kappa shape index (κ1) is 13.2.